The average molecular weight is 255 g/mol. The summed E-state index contributed by atoms with van der Waals surface area (Å²) in [5, 5.41) is 10.2. The van der Waals surface area contributed by atoms with E-state index >= 15 is 0 Å². The molecule has 0 aliphatic heterocycles. The Balaban J connectivity index is 2.18. The Labute approximate surface area is 109 Å². The maximum absolute atomic E-state index is 11.4. The fourth-order valence-corrected chi connectivity index (χ4v) is 2.25. The van der Waals surface area contributed by atoms with E-state index in [1.165, 1.54) is 0 Å². The van der Waals surface area contributed by atoms with Gasteiger partial charge in [-0.25, -0.2) is 9.78 Å². The number of nitrogens with zero attached hydrogens (tertiary/aromatic N) is 3. The minimum atomic E-state index is -0.926. The Bertz CT molecular complexity index is 755. The number of rotatable bonds is 3. The van der Waals surface area contributed by atoms with Crippen LogP contribution in [0.4, 0.5) is 0 Å². The summed E-state index contributed by atoms with van der Waals surface area (Å²) < 4.78 is 3.67. The van der Waals surface area contributed by atoms with Gasteiger partial charge in [0.1, 0.15) is 11.5 Å². The minimum Gasteiger partial charge on any atom is -0.477 e. The van der Waals surface area contributed by atoms with E-state index in [0.29, 0.717) is 6.54 Å². The number of carboxylic acids is 1. The van der Waals surface area contributed by atoms with Crippen molar-refractivity contribution in [2.45, 2.75) is 6.54 Å². The molecular formula is C14H13N3O2. The normalized spacial score (nSPS) is 11.0. The van der Waals surface area contributed by atoms with E-state index in [1.54, 1.807) is 16.8 Å². The first kappa shape index (κ1) is 11.5. The zero-order valence-electron chi connectivity index (χ0n) is 10.4. The number of carboxylic acid groups (broad SMARTS) is 1. The third kappa shape index (κ3) is 1.89. The van der Waals surface area contributed by atoms with Crippen LogP contribution in [-0.4, -0.2) is 25.2 Å². The standard InChI is InChI=1S/C14H13N3O2/c1-16-7-6-15-13(16)9-17-11-5-3-2-4-10(11)8-12(17)14(18)19/h2-8H,9H2,1H3,(H,18,19). The number of hydrogen-bond donors (Lipinski definition) is 1. The number of hydrogen-bond acceptors (Lipinski definition) is 2. The zero-order valence-corrected chi connectivity index (χ0v) is 10.4. The van der Waals surface area contributed by atoms with Crippen molar-refractivity contribution in [2.24, 2.45) is 7.05 Å². The average Bonchev–Trinajstić information content (AvgIpc) is 2.95. The number of aryl methyl sites for hydroxylation is 1. The summed E-state index contributed by atoms with van der Waals surface area (Å²) in [6, 6.07) is 9.34. The molecule has 19 heavy (non-hydrogen) atoms. The quantitative estimate of drug-likeness (QED) is 0.779. The van der Waals surface area contributed by atoms with Gasteiger partial charge in [-0.1, -0.05) is 18.2 Å². The highest BCUT2D eigenvalue weighted by atomic mass is 16.4. The van der Waals surface area contributed by atoms with E-state index in [4.69, 9.17) is 0 Å². The molecule has 0 unspecified atom stereocenters. The van der Waals surface area contributed by atoms with Crippen LogP contribution in [0.3, 0.4) is 0 Å². The van der Waals surface area contributed by atoms with E-state index in [-0.39, 0.29) is 5.69 Å². The van der Waals surface area contributed by atoms with Gasteiger partial charge in [-0.2, -0.15) is 0 Å². The predicted octanol–water partition coefficient (Wildman–Crippen LogP) is 2.12. The maximum Gasteiger partial charge on any atom is 0.352 e. The molecule has 0 atom stereocenters. The molecule has 2 heterocycles. The van der Waals surface area contributed by atoms with Gasteiger partial charge >= 0.3 is 5.97 Å². The Hall–Kier alpha value is -2.56. The molecule has 3 rings (SSSR count). The molecule has 0 radical (unpaired) electrons. The summed E-state index contributed by atoms with van der Waals surface area (Å²) in [5.41, 5.74) is 1.19. The first-order valence-electron chi connectivity index (χ1n) is 5.94. The summed E-state index contributed by atoms with van der Waals surface area (Å²) >= 11 is 0. The van der Waals surface area contributed by atoms with Gasteiger partial charge in [-0.15, -0.1) is 0 Å². The van der Waals surface area contributed by atoms with Gasteiger partial charge in [0.15, 0.2) is 0 Å². The smallest absolute Gasteiger partial charge is 0.352 e. The van der Waals surface area contributed by atoms with Gasteiger partial charge in [0, 0.05) is 30.3 Å². The number of aromatic carboxylic acids is 1. The largest absolute Gasteiger partial charge is 0.477 e. The summed E-state index contributed by atoms with van der Waals surface area (Å²) in [7, 11) is 1.90. The second-order valence-corrected chi connectivity index (χ2v) is 4.43. The number of imidazole rings is 1. The molecule has 0 fully saturated rings. The molecule has 2 aromatic heterocycles. The van der Waals surface area contributed by atoms with Gasteiger partial charge in [-0.05, 0) is 12.1 Å². The summed E-state index contributed by atoms with van der Waals surface area (Å²) in [6.07, 6.45) is 3.56. The van der Waals surface area contributed by atoms with Gasteiger partial charge in [0.2, 0.25) is 0 Å². The first-order valence-corrected chi connectivity index (χ1v) is 5.94. The fourth-order valence-electron chi connectivity index (χ4n) is 2.25. The van der Waals surface area contributed by atoms with Crippen molar-refractivity contribution in [3.8, 4) is 0 Å². The molecule has 0 amide bonds. The molecule has 3 aromatic rings. The van der Waals surface area contributed by atoms with Crippen LogP contribution >= 0.6 is 0 Å². The van der Waals surface area contributed by atoms with Crippen LogP contribution in [0.15, 0.2) is 42.7 Å². The lowest BCUT2D eigenvalue weighted by atomic mass is 10.2. The zero-order chi connectivity index (χ0) is 13.4. The summed E-state index contributed by atoms with van der Waals surface area (Å²) in [5.74, 6) is -0.103. The summed E-state index contributed by atoms with van der Waals surface area (Å²) in [4.78, 5) is 15.6. The number of aromatic nitrogens is 3. The van der Waals surface area contributed by atoms with Crippen molar-refractivity contribution < 1.29 is 9.90 Å². The van der Waals surface area contributed by atoms with Crippen molar-refractivity contribution in [2.75, 3.05) is 0 Å². The Morgan fingerprint density at radius 2 is 2.16 bits per heavy atom. The molecule has 5 nitrogen and oxygen atoms in total. The van der Waals surface area contributed by atoms with E-state index in [1.807, 2.05) is 42.1 Å². The lowest BCUT2D eigenvalue weighted by Crippen LogP contribution is -2.12. The van der Waals surface area contributed by atoms with Crippen LogP contribution in [0, 0.1) is 0 Å². The topological polar surface area (TPSA) is 60.0 Å². The van der Waals surface area contributed by atoms with Crippen LogP contribution in [-0.2, 0) is 13.6 Å². The number of carbonyl (C=O) groups is 1. The summed E-state index contributed by atoms with van der Waals surface area (Å²) in [6.45, 7) is 0.443. The van der Waals surface area contributed by atoms with E-state index in [2.05, 4.69) is 4.98 Å². The second-order valence-electron chi connectivity index (χ2n) is 4.43. The fraction of sp³-hybridized carbons (Fsp3) is 0.143. The first-order chi connectivity index (χ1) is 9.16. The minimum absolute atomic E-state index is 0.282. The van der Waals surface area contributed by atoms with Gasteiger partial charge in [0.25, 0.3) is 0 Å². The van der Waals surface area contributed by atoms with Gasteiger partial charge < -0.3 is 14.2 Å². The lowest BCUT2D eigenvalue weighted by Gasteiger charge is -2.08. The van der Waals surface area contributed by atoms with E-state index in [0.717, 1.165) is 16.7 Å². The maximum atomic E-state index is 11.4. The SMILES string of the molecule is Cn1ccnc1Cn1c(C(=O)O)cc2ccccc21. The highest BCUT2D eigenvalue weighted by molar-refractivity contribution is 5.94. The Morgan fingerprint density at radius 3 is 2.84 bits per heavy atom. The van der Waals surface area contributed by atoms with Crippen LogP contribution in [0.2, 0.25) is 0 Å². The molecular weight excluding hydrogens is 242 g/mol. The monoisotopic (exact) mass is 255 g/mol. The molecule has 1 aromatic carbocycles. The molecule has 1 N–H and O–H groups in total. The van der Waals surface area contributed by atoms with Crippen LogP contribution in [0.1, 0.15) is 16.3 Å². The Kier molecular flexibility index (Phi) is 2.59. The molecule has 0 spiro atoms. The third-order valence-corrected chi connectivity index (χ3v) is 3.25. The van der Waals surface area contributed by atoms with Crippen LogP contribution in [0.25, 0.3) is 10.9 Å². The number of para-hydroxylation sites is 1. The van der Waals surface area contributed by atoms with Crippen molar-refractivity contribution >= 4 is 16.9 Å². The van der Waals surface area contributed by atoms with E-state index < -0.39 is 5.97 Å². The van der Waals surface area contributed by atoms with Crippen LogP contribution in [0.5, 0.6) is 0 Å². The molecule has 96 valence electrons. The Morgan fingerprint density at radius 1 is 1.37 bits per heavy atom. The highest BCUT2D eigenvalue weighted by Crippen LogP contribution is 2.20. The van der Waals surface area contributed by atoms with Crippen molar-refractivity contribution in [3.63, 3.8) is 0 Å². The van der Waals surface area contributed by atoms with Crippen molar-refractivity contribution in [1.29, 1.82) is 0 Å². The number of benzene rings is 1. The molecule has 0 bridgehead atoms. The van der Waals surface area contributed by atoms with Crippen molar-refractivity contribution in [1.82, 2.24) is 14.1 Å². The second kappa shape index (κ2) is 4.28. The molecule has 5 heteroatoms. The molecule has 0 aliphatic carbocycles. The van der Waals surface area contributed by atoms with Gasteiger partial charge in [-0.3, -0.25) is 0 Å². The lowest BCUT2D eigenvalue weighted by molar-refractivity contribution is 0.0686. The third-order valence-electron chi connectivity index (χ3n) is 3.25. The highest BCUT2D eigenvalue weighted by Gasteiger charge is 2.15. The molecule has 0 saturated heterocycles. The molecule has 0 saturated carbocycles. The number of fused-ring (bicyclic) bond motifs is 1. The predicted molar refractivity (Wildman–Crippen MR) is 71.2 cm³/mol. The molecule has 0 aliphatic rings. The van der Waals surface area contributed by atoms with Crippen molar-refractivity contribution in [3.05, 3.63) is 54.2 Å². The van der Waals surface area contributed by atoms with Crippen LogP contribution < -0.4 is 0 Å². The van der Waals surface area contributed by atoms with Gasteiger partial charge in [0.05, 0.1) is 6.54 Å². The van der Waals surface area contributed by atoms with E-state index in [9.17, 15) is 9.90 Å².